The van der Waals surface area contributed by atoms with Crippen molar-refractivity contribution in [3.63, 3.8) is 0 Å². The van der Waals surface area contributed by atoms with E-state index >= 15 is 0 Å². The van der Waals surface area contributed by atoms with Crippen molar-refractivity contribution in [2.45, 2.75) is 73.3 Å². The van der Waals surface area contributed by atoms with Crippen LogP contribution in [-0.4, -0.2) is 32.5 Å². The van der Waals surface area contributed by atoms with Crippen LogP contribution in [0.5, 0.6) is 0 Å². The van der Waals surface area contributed by atoms with E-state index in [4.69, 9.17) is 19.3 Å². The highest BCUT2D eigenvalue weighted by Gasteiger charge is 2.51. The predicted octanol–water partition coefficient (Wildman–Crippen LogP) is 3.68. The second kappa shape index (κ2) is 12.1. The van der Waals surface area contributed by atoms with E-state index < -0.39 is 8.80 Å². The maximum absolute atomic E-state index is 5.69. The molecule has 0 radical (unpaired) electrons. The van der Waals surface area contributed by atoms with Crippen molar-refractivity contribution in [2.75, 3.05) is 6.54 Å². The molecule has 0 aromatic carbocycles. The second-order valence-electron chi connectivity index (χ2n) is 5.39. The molecule has 7 nitrogen and oxygen atoms in total. The molecule has 0 heterocycles. The van der Waals surface area contributed by atoms with Gasteiger partial charge in [0.2, 0.25) is 0 Å². The van der Waals surface area contributed by atoms with Gasteiger partial charge < -0.3 is 19.3 Å². The molecule has 8 heteroatoms. The Balaban J connectivity index is 5.40. The van der Waals surface area contributed by atoms with Crippen molar-refractivity contribution < 1.29 is 13.6 Å². The monoisotopic (exact) mass is 344 g/mol. The van der Waals surface area contributed by atoms with Crippen molar-refractivity contribution in [3.05, 3.63) is 0 Å². The van der Waals surface area contributed by atoms with Gasteiger partial charge in [0, 0.05) is 0 Å². The van der Waals surface area contributed by atoms with E-state index in [9.17, 15) is 0 Å². The number of oxime groups is 3. The zero-order chi connectivity index (χ0) is 17.7. The molecule has 0 unspecified atom stereocenters. The van der Waals surface area contributed by atoms with Crippen molar-refractivity contribution in [3.8, 4) is 0 Å². The molecular weight excluding hydrogens is 312 g/mol. The van der Waals surface area contributed by atoms with Crippen LogP contribution in [0.25, 0.3) is 0 Å². The lowest BCUT2D eigenvalue weighted by atomic mass is 10.3. The minimum absolute atomic E-state index is 0.505. The molecule has 0 atom stereocenters. The predicted molar refractivity (Wildman–Crippen MR) is 97.7 cm³/mol. The van der Waals surface area contributed by atoms with Gasteiger partial charge in [0.1, 0.15) is 0 Å². The summed E-state index contributed by atoms with van der Waals surface area (Å²) in [4.78, 5) is 0. The molecule has 134 valence electrons. The van der Waals surface area contributed by atoms with E-state index in [2.05, 4.69) is 15.5 Å². The third kappa shape index (κ3) is 9.35. The molecule has 0 spiro atoms. The first-order valence-corrected chi connectivity index (χ1v) is 10.2. The van der Waals surface area contributed by atoms with E-state index in [1.54, 1.807) is 0 Å². The summed E-state index contributed by atoms with van der Waals surface area (Å²) >= 11 is 0. The minimum Gasteiger partial charge on any atom is -0.373 e. The zero-order valence-corrected chi connectivity index (χ0v) is 16.4. The maximum atomic E-state index is 5.69. The molecule has 0 aliphatic rings. The fourth-order valence-corrected chi connectivity index (χ4v) is 3.04. The Morgan fingerprint density at radius 2 is 1.13 bits per heavy atom. The van der Waals surface area contributed by atoms with E-state index in [1.165, 1.54) is 0 Å². The molecule has 0 aromatic rings. The minimum atomic E-state index is -3.20. The van der Waals surface area contributed by atoms with Gasteiger partial charge in [-0.05, 0) is 53.0 Å². The van der Waals surface area contributed by atoms with Gasteiger partial charge in [0.15, 0.2) is 0 Å². The van der Waals surface area contributed by atoms with Gasteiger partial charge in [0.25, 0.3) is 0 Å². The second-order valence-corrected chi connectivity index (χ2v) is 7.80. The fourth-order valence-electron chi connectivity index (χ4n) is 1.14. The number of hydrogen-bond acceptors (Lipinski definition) is 7. The van der Waals surface area contributed by atoms with Crippen molar-refractivity contribution in [2.24, 2.45) is 21.2 Å². The quantitative estimate of drug-likeness (QED) is 0.332. The number of nitrogens with zero attached hydrogens (tertiary/aromatic N) is 3. The highest BCUT2D eigenvalue weighted by atomic mass is 28.4. The molecule has 0 saturated heterocycles. The van der Waals surface area contributed by atoms with Gasteiger partial charge >= 0.3 is 8.80 Å². The van der Waals surface area contributed by atoms with Crippen LogP contribution < -0.4 is 5.73 Å². The average Bonchev–Trinajstić information content (AvgIpc) is 2.59. The highest BCUT2D eigenvalue weighted by Crippen LogP contribution is 2.20. The van der Waals surface area contributed by atoms with Crippen LogP contribution in [-0.2, 0) is 13.6 Å². The molecule has 0 rings (SSSR count). The molecule has 0 saturated carbocycles. The van der Waals surface area contributed by atoms with E-state index in [0.29, 0.717) is 19.0 Å². The summed E-state index contributed by atoms with van der Waals surface area (Å²) in [6.07, 6.45) is 3.05. The van der Waals surface area contributed by atoms with E-state index in [1.807, 2.05) is 41.5 Å². The lowest BCUT2D eigenvalue weighted by Gasteiger charge is -2.22. The third-order valence-electron chi connectivity index (χ3n) is 3.24. The van der Waals surface area contributed by atoms with Gasteiger partial charge in [0.05, 0.1) is 23.2 Å². The molecular formula is C15H32N4O3Si. The molecule has 23 heavy (non-hydrogen) atoms. The number of rotatable bonds is 12. The van der Waals surface area contributed by atoms with Crippen molar-refractivity contribution >= 4 is 25.9 Å². The van der Waals surface area contributed by atoms with Crippen LogP contribution >= 0.6 is 0 Å². The van der Waals surface area contributed by atoms with Crippen LogP contribution in [0.15, 0.2) is 15.5 Å². The van der Waals surface area contributed by atoms with E-state index in [-0.39, 0.29) is 0 Å². The van der Waals surface area contributed by atoms with Crippen molar-refractivity contribution in [1.29, 1.82) is 0 Å². The van der Waals surface area contributed by atoms with Gasteiger partial charge in [-0.3, -0.25) is 0 Å². The fraction of sp³-hybridized carbons (Fsp3) is 0.800. The van der Waals surface area contributed by atoms with Crippen LogP contribution in [0.2, 0.25) is 6.04 Å². The molecule has 2 N–H and O–H groups in total. The lowest BCUT2D eigenvalue weighted by molar-refractivity contribution is 0.0650. The molecule has 0 aliphatic carbocycles. The first-order valence-electron chi connectivity index (χ1n) is 8.27. The SMILES string of the molecule is CC/C(C)=N\O[Si](CCCN)(O/N=C(\C)CC)O/N=C(\C)CC. The Hall–Kier alpha value is -1.41. The van der Waals surface area contributed by atoms with Gasteiger partial charge in [-0.1, -0.05) is 20.8 Å². The van der Waals surface area contributed by atoms with Crippen LogP contribution in [0.3, 0.4) is 0 Å². The highest BCUT2D eigenvalue weighted by molar-refractivity contribution is 6.60. The smallest absolute Gasteiger partial charge is 0.373 e. The number of nitrogens with two attached hydrogens (primary N) is 1. The molecule has 0 aliphatic heterocycles. The Morgan fingerprint density at radius 1 is 0.783 bits per heavy atom. The molecule has 0 amide bonds. The summed E-state index contributed by atoms with van der Waals surface area (Å²) in [5.74, 6) is 0. The van der Waals surface area contributed by atoms with Crippen LogP contribution in [0.4, 0.5) is 0 Å². The molecule has 0 bridgehead atoms. The Kier molecular flexibility index (Phi) is 11.3. The number of hydrogen-bond donors (Lipinski definition) is 1. The van der Waals surface area contributed by atoms with Gasteiger partial charge in [-0.2, -0.15) is 0 Å². The molecule has 0 fully saturated rings. The first-order chi connectivity index (χ1) is 10.9. The lowest BCUT2D eigenvalue weighted by Crippen LogP contribution is -2.42. The largest absolute Gasteiger partial charge is 0.762 e. The van der Waals surface area contributed by atoms with Gasteiger partial charge in [-0.25, -0.2) is 0 Å². The van der Waals surface area contributed by atoms with Crippen LogP contribution in [0.1, 0.15) is 67.2 Å². The van der Waals surface area contributed by atoms with Gasteiger partial charge in [-0.15, -0.1) is 15.5 Å². The first kappa shape index (κ1) is 21.6. The Morgan fingerprint density at radius 3 is 1.39 bits per heavy atom. The summed E-state index contributed by atoms with van der Waals surface area (Å²) in [6.45, 7) is 12.2. The third-order valence-corrected chi connectivity index (χ3v) is 5.32. The summed E-state index contributed by atoms with van der Waals surface area (Å²) in [6, 6.07) is 0.505. The average molecular weight is 345 g/mol. The van der Waals surface area contributed by atoms with E-state index in [0.717, 1.165) is 36.4 Å². The summed E-state index contributed by atoms with van der Waals surface area (Å²) in [7, 11) is -3.20. The summed E-state index contributed by atoms with van der Waals surface area (Å²) in [5, 5.41) is 12.4. The summed E-state index contributed by atoms with van der Waals surface area (Å²) < 4.78 is 17.1. The zero-order valence-electron chi connectivity index (χ0n) is 15.4. The van der Waals surface area contributed by atoms with Crippen LogP contribution in [0, 0.1) is 0 Å². The normalized spacial score (nSPS) is 14.0. The molecule has 0 aromatic heterocycles. The van der Waals surface area contributed by atoms with Crippen molar-refractivity contribution in [1.82, 2.24) is 0 Å². The maximum Gasteiger partial charge on any atom is 0.762 e. The Labute approximate surface area is 141 Å². The topological polar surface area (TPSA) is 90.8 Å². The summed E-state index contributed by atoms with van der Waals surface area (Å²) in [5.41, 5.74) is 8.20. The Bertz CT molecular complexity index is 370. The standard InChI is InChI=1S/C15H32N4O3Si/c1-7-13(4)17-20-23(12-10-11-16,21-18-14(5)8-2)22-19-15(6)9-3/h7-12,16H2,1-6H3/b17-13-,18-14+,19-15+.